The van der Waals surface area contributed by atoms with Gasteiger partial charge in [0.15, 0.2) is 5.75 Å². The Bertz CT molecular complexity index is 1280. The Hall–Kier alpha value is -1.55. The molecule has 0 spiro atoms. The second kappa shape index (κ2) is 12.8. The summed E-state index contributed by atoms with van der Waals surface area (Å²) in [5.41, 5.74) is -4.85. The predicted molar refractivity (Wildman–Crippen MR) is 142 cm³/mol. The molecular formula is C25H28Cl2F3NO3S2. The van der Waals surface area contributed by atoms with Gasteiger partial charge in [-0.1, -0.05) is 81.5 Å². The minimum absolute atomic E-state index is 0.265. The van der Waals surface area contributed by atoms with Crippen molar-refractivity contribution < 1.29 is 25.8 Å². The lowest BCUT2D eigenvalue weighted by Gasteiger charge is -2.12. The first kappa shape index (κ1) is 29.0. The van der Waals surface area contributed by atoms with E-state index in [2.05, 4.69) is 16.1 Å². The molecule has 3 aromatic rings. The number of fused-ring (bicyclic) bond motifs is 1. The number of hydrogen-bond donors (Lipinski definition) is 0. The van der Waals surface area contributed by atoms with E-state index >= 15 is 0 Å². The Labute approximate surface area is 223 Å². The summed E-state index contributed by atoms with van der Waals surface area (Å²) in [6.07, 6.45) is 14.0. The molecule has 4 nitrogen and oxygen atoms in total. The van der Waals surface area contributed by atoms with Crippen LogP contribution in [0.25, 0.3) is 21.2 Å². The molecule has 0 saturated heterocycles. The van der Waals surface area contributed by atoms with Crippen LogP contribution in [0.1, 0.15) is 69.7 Å². The van der Waals surface area contributed by atoms with Gasteiger partial charge in [0.2, 0.25) is 0 Å². The number of alkyl halides is 3. The minimum atomic E-state index is -5.84. The van der Waals surface area contributed by atoms with E-state index in [-0.39, 0.29) is 5.02 Å². The number of aryl methyl sites for hydroxylation is 1. The molecular weight excluding hydrogens is 554 g/mol. The fourth-order valence-corrected chi connectivity index (χ4v) is 5.87. The van der Waals surface area contributed by atoms with E-state index in [1.807, 2.05) is 0 Å². The van der Waals surface area contributed by atoms with Gasteiger partial charge in [0, 0.05) is 16.8 Å². The van der Waals surface area contributed by atoms with Crippen LogP contribution in [0.5, 0.6) is 5.75 Å². The highest BCUT2D eigenvalue weighted by atomic mass is 35.5. The normalized spacial score (nSPS) is 12.4. The molecule has 0 radical (unpaired) electrons. The molecule has 198 valence electrons. The predicted octanol–water partition coefficient (Wildman–Crippen LogP) is 9.57. The zero-order chi connectivity index (χ0) is 26.3. The molecule has 11 heteroatoms. The number of benzene rings is 2. The highest BCUT2D eigenvalue weighted by molar-refractivity contribution is 7.88. The molecule has 2 aromatic carbocycles. The number of unbranched alkanes of at least 4 members (excludes halogenated alkanes) is 8. The van der Waals surface area contributed by atoms with Crippen molar-refractivity contribution in [2.24, 2.45) is 0 Å². The van der Waals surface area contributed by atoms with E-state index in [1.54, 1.807) is 23.6 Å². The fourth-order valence-electron chi connectivity index (χ4n) is 3.83. The Kier molecular flexibility index (Phi) is 10.3. The van der Waals surface area contributed by atoms with Gasteiger partial charge in [-0.2, -0.15) is 21.6 Å². The highest BCUT2D eigenvalue weighted by Crippen LogP contribution is 2.39. The summed E-state index contributed by atoms with van der Waals surface area (Å²) >= 11 is 14.0. The van der Waals surface area contributed by atoms with Gasteiger partial charge >= 0.3 is 15.6 Å². The summed E-state index contributed by atoms with van der Waals surface area (Å²) in [5.74, 6) is -0.619. The molecule has 0 N–H and O–H groups in total. The highest BCUT2D eigenvalue weighted by Gasteiger charge is 2.48. The Morgan fingerprint density at radius 1 is 0.889 bits per heavy atom. The number of rotatable bonds is 13. The van der Waals surface area contributed by atoms with Crippen LogP contribution < -0.4 is 4.18 Å². The smallest absolute Gasteiger partial charge is 0.374 e. The maximum Gasteiger partial charge on any atom is 0.534 e. The van der Waals surface area contributed by atoms with Gasteiger partial charge in [0.25, 0.3) is 0 Å². The summed E-state index contributed by atoms with van der Waals surface area (Å²) < 4.78 is 64.9. The number of halogens is 5. The van der Waals surface area contributed by atoms with Crippen molar-refractivity contribution in [2.45, 2.75) is 76.6 Å². The van der Waals surface area contributed by atoms with E-state index < -0.39 is 21.4 Å². The summed E-state index contributed by atoms with van der Waals surface area (Å²) in [6, 6.07) is 5.76. The minimum Gasteiger partial charge on any atom is -0.374 e. The summed E-state index contributed by atoms with van der Waals surface area (Å²) in [6.45, 7) is 2.22. The van der Waals surface area contributed by atoms with Crippen molar-refractivity contribution in [3.05, 3.63) is 45.5 Å². The van der Waals surface area contributed by atoms with Gasteiger partial charge in [0.1, 0.15) is 0 Å². The van der Waals surface area contributed by atoms with Gasteiger partial charge in [-0.05, 0) is 47.9 Å². The Balaban J connectivity index is 1.65. The molecule has 0 aliphatic rings. The van der Waals surface area contributed by atoms with Gasteiger partial charge in [-0.3, -0.25) is 0 Å². The topological polar surface area (TPSA) is 56.3 Å². The molecule has 0 bridgehead atoms. The first-order valence-electron chi connectivity index (χ1n) is 11.9. The van der Waals surface area contributed by atoms with Gasteiger partial charge in [-0.25, -0.2) is 4.98 Å². The van der Waals surface area contributed by atoms with Crippen molar-refractivity contribution in [2.75, 3.05) is 0 Å². The first-order valence-corrected chi connectivity index (χ1v) is 14.9. The zero-order valence-electron chi connectivity index (χ0n) is 19.8. The van der Waals surface area contributed by atoms with Crippen molar-refractivity contribution in [3.63, 3.8) is 0 Å². The van der Waals surface area contributed by atoms with Crippen LogP contribution in [-0.4, -0.2) is 18.9 Å². The standard InChI is InChI=1S/C25H28Cl2F3NO3S2/c1-2-3-4-5-6-7-8-9-10-11-24-31-16-23(35-24)19-12-17-14-21(27)22(15-18(17)13-20(19)26)34-36(32,33)25(28,29)30/h12-16H,2-11H2,1H3. The Morgan fingerprint density at radius 2 is 1.47 bits per heavy atom. The van der Waals surface area contributed by atoms with Crippen molar-refractivity contribution in [1.82, 2.24) is 4.98 Å². The van der Waals surface area contributed by atoms with Crippen molar-refractivity contribution in [3.8, 4) is 16.2 Å². The Morgan fingerprint density at radius 3 is 2.11 bits per heavy atom. The van der Waals surface area contributed by atoms with E-state index in [1.165, 1.54) is 63.5 Å². The fraction of sp³-hybridized carbons (Fsp3) is 0.480. The van der Waals surface area contributed by atoms with Crippen LogP contribution in [0.4, 0.5) is 13.2 Å². The summed E-state index contributed by atoms with van der Waals surface area (Å²) in [5, 5.41) is 2.07. The molecule has 0 amide bonds. The number of hydrogen-bond acceptors (Lipinski definition) is 5. The monoisotopic (exact) mass is 581 g/mol. The molecule has 1 heterocycles. The average Bonchev–Trinajstić information content (AvgIpc) is 3.26. The number of nitrogens with zero attached hydrogens (tertiary/aromatic N) is 1. The third-order valence-electron chi connectivity index (χ3n) is 5.77. The molecule has 0 saturated carbocycles. The third-order valence-corrected chi connectivity index (χ3v) is 8.44. The van der Waals surface area contributed by atoms with Gasteiger partial charge < -0.3 is 4.18 Å². The van der Waals surface area contributed by atoms with Crippen LogP contribution in [0, 0.1) is 0 Å². The molecule has 0 aliphatic heterocycles. The zero-order valence-corrected chi connectivity index (χ0v) is 23.0. The second-order valence-corrected chi connectivity index (χ2v) is 12.1. The van der Waals surface area contributed by atoms with E-state index in [0.717, 1.165) is 28.8 Å². The summed E-state index contributed by atoms with van der Waals surface area (Å²) in [7, 11) is -5.84. The maximum atomic E-state index is 12.7. The maximum absolute atomic E-state index is 12.7. The third kappa shape index (κ3) is 7.73. The SMILES string of the molecule is CCCCCCCCCCCc1ncc(-c2cc3cc(Cl)c(OS(=O)(=O)C(F)(F)F)cc3cc2Cl)s1. The molecule has 0 atom stereocenters. The van der Waals surface area contributed by atoms with E-state index in [9.17, 15) is 21.6 Å². The van der Waals surface area contributed by atoms with Crippen LogP contribution in [0.2, 0.25) is 10.0 Å². The molecule has 3 rings (SSSR count). The first-order chi connectivity index (χ1) is 17.0. The molecule has 0 unspecified atom stereocenters. The van der Waals surface area contributed by atoms with Gasteiger partial charge in [-0.15, -0.1) is 11.3 Å². The van der Waals surface area contributed by atoms with Crippen LogP contribution >= 0.6 is 34.5 Å². The molecule has 36 heavy (non-hydrogen) atoms. The molecule has 0 aliphatic carbocycles. The largest absolute Gasteiger partial charge is 0.534 e. The van der Waals surface area contributed by atoms with E-state index in [0.29, 0.717) is 21.4 Å². The average molecular weight is 583 g/mol. The summed E-state index contributed by atoms with van der Waals surface area (Å²) in [4.78, 5) is 5.38. The van der Waals surface area contributed by atoms with Crippen LogP contribution in [0.3, 0.4) is 0 Å². The lowest BCUT2D eigenvalue weighted by atomic mass is 10.1. The lowest BCUT2D eigenvalue weighted by Crippen LogP contribution is -2.28. The molecule has 1 aromatic heterocycles. The van der Waals surface area contributed by atoms with Crippen molar-refractivity contribution >= 4 is 55.4 Å². The van der Waals surface area contributed by atoms with Crippen LogP contribution in [-0.2, 0) is 16.5 Å². The number of aromatic nitrogens is 1. The van der Waals surface area contributed by atoms with Crippen molar-refractivity contribution in [1.29, 1.82) is 0 Å². The lowest BCUT2D eigenvalue weighted by molar-refractivity contribution is -0.0500. The van der Waals surface area contributed by atoms with Crippen LogP contribution in [0.15, 0.2) is 30.5 Å². The second-order valence-electron chi connectivity index (χ2n) is 8.64. The number of thiazole rings is 1. The van der Waals surface area contributed by atoms with E-state index in [4.69, 9.17) is 23.2 Å². The van der Waals surface area contributed by atoms with Gasteiger partial charge in [0.05, 0.1) is 14.9 Å². The quantitative estimate of drug-likeness (QED) is 0.114. The molecule has 0 fully saturated rings.